The zero-order chi connectivity index (χ0) is 17.6. The Hall–Kier alpha value is -2.63. The van der Waals surface area contributed by atoms with Crippen molar-refractivity contribution in [1.29, 1.82) is 0 Å². The lowest BCUT2D eigenvalue weighted by Gasteiger charge is -2.34. The van der Waals surface area contributed by atoms with Gasteiger partial charge in [-0.2, -0.15) is 0 Å². The number of nitrogens with zero attached hydrogens (tertiary/aromatic N) is 2. The summed E-state index contributed by atoms with van der Waals surface area (Å²) in [7, 11) is 2.16. The van der Waals surface area contributed by atoms with Gasteiger partial charge in [-0.05, 0) is 41.9 Å². The average molecular weight is 337 g/mol. The van der Waals surface area contributed by atoms with Gasteiger partial charge in [0, 0.05) is 37.9 Å². The Bertz CT molecular complexity index is 731. The molecule has 5 heteroatoms. The van der Waals surface area contributed by atoms with Crippen LogP contribution in [0, 0.1) is 0 Å². The summed E-state index contributed by atoms with van der Waals surface area (Å²) < 4.78 is 0. The van der Waals surface area contributed by atoms with Gasteiger partial charge < -0.3 is 9.80 Å². The van der Waals surface area contributed by atoms with Crippen LogP contribution in [0.15, 0.2) is 54.6 Å². The Morgan fingerprint density at radius 3 is 2.08 bits per heavy atom. The van der Waals surface area contributed by atoms with Crippen molar-refractivity contribution in [3.63, 3.8) is 0 Å². The normalized spacial score (nSPS) is 15.5. The second-order valence-electron chi connectivity index (χ2n) is 6.27. The molecular weight excluding hydrogens is 314 g/mol. The maximum absolute atomic E-state index is 11.0. The van der Waals surface area contributed by atoms with Crippen molar-refractivity contribution in [2.24, 2.45) is 0 Å². The summed E-state index contributed by atoms with van der Waals surface area (Å²) in [4.78, 5) is 15.8. The molecule has 1 fully saturated rings. The Morgan fingerprint density at radius 1 is 0.960 bits per heavy atom. The molecule has 0 spiro atoms. The van der Waals surface area contributed by atoms with Gasteiger partial charge in [-0.1, -0.05) is 36.4 Å². The first-order valence-electron chi connectivity index (χ1n) is 8.42. The third-order valence-corrected chi connectivity index (χ3v) is 4.52. The minimum Gasteiger partial charge on any atom is -0.369 e. The fraction of sp³-hybridized carbons (Fsp3) is 0.250. The molecule has 3 rings (SSSR count). The summed E-state index contributed by atoms with van der Waals surface area (Å²) in [5.41, 5.74) is 6.05. The van der Waals surface area contributed by atoms with Gasteiger partial charge in [0.1, 0.15) is 0 Å². The lowest BCUT2D eigenvalue weighted by molar-refractivity contribution is -0.124. The predicted octanol–water partition coefficient (Wildman–Crippen LogP) is 2.62. The molecule has 0 unspecified atom stereocenters. The summed E-state index contributed by atoms with van der Waals surface area (Å²) in [6.07, 6.45) is 2.95. The quantitative estimate of drug-likeness (QED) is 0.512. The van der Waals surface area contributed by atoms with Crippen LogP contribution in [0.5, 0.6) is 0 Å². The standard InChI is InChI=1S/C20H23N3O2/c1-22-12-14-23(15-13-22)19-9-7-18(8-10-19)17-5-2-16(3-6-17)4-11-20(24)21-25/h2-11,25H,12-15H2,1H3,(H,21,24)/b11-4+. The van der Waals surface area contributed by atoms with E-state index in [1.807, 2.05) is 24.3 Å². The summed E-state index contributed by atoms with van der Waals surface area (Å²) in [6, 6.07) is 16.6. The number of anilines is 1. The van der Waals surface area contributed by atoms with Gasteiger partial charge in [0.25, 0.3) is 5.91 Å². The van der Waals surface area contributed by atoms with Crippen LogP contribution in [-0.4, -0.2) is 49.2 Å². The summed E-state index contributed by atoms with van der Waals surface area (Å²) >= 11 is 0. The zero-order valence-corrected chi connectivity index (χ0v) is 14.4. The summed E-state index contributed by atoms with van der Waals surface area (Å²) in [5.74, 6) is -0.538. The Morgan fingerprint density at radius 2 is 1.52 bits per heavy atom. The highest BCUT2D eigenvalue weighted by molar-refractivity contribution is 5.90. The largest absolute Gasteiger partial charge is 0.369 e. The van der Waals surface area contributed by atoms with Crippen LogP contribution in [-0.2, 0) is 4.79 Å². The first-order chi connectivity index (χ1) is 12.2. The summed E-state index contributed by atoms with van der Waals surface area (Å²) in [5, 5.41) is 8.48. The third-order valence-electron chi connectivity index (χ3n) is 4.52. The number of hydroxylamine groups is 1. The number of likely N-dealkylation sites (N-methyl/N-ethyl adjacent to an activating group) is 1. The number of amides is 1. The molecule has 1 aliphatic heterocycles. The highest BCUT2D eigenvalue weighted by Crippen LogP contribution is 2.24. The molecule has 5 nitrogen and oxygen atoms in total. The molecule has 0 aromatic heterocycles. The monoisotopic (exact) mass is 337 g/mol. The van der Waals surface area contributed by atoms with Crippen LogP contribution in [0.2, 0.25) is 0 Å². The number of rotatable bonds is 4. The third kappa shape index (κ3) is 4.47. The van der Waals surface area contributed by atoms with E-state index in [9.17, 15) is 4.79 Å². The SMILES string of the molecule is CN1CCN(c2ccc(-c3ccc(/C=C/C(=O)NO)cc3)cc2)CC1. The second kappa shape index (κ2) is 7.96. The van der Waals surface area contributed by atoms with E-state index in [4.69, 9.17) is 5.21 Å². The molecule has 0 atom stereocenters. The van der Waals surface area contributed by atoms with E-state index in [1.54, 1.807) is 11.6 Å². The van der Waals surface area contributed by atoms with E-state index in [0.29, 0.717) is 0 Å². The minimum absolute atomic E-state index is 0.538. The first-order valence-corrected chi connectivity index (χ1v) is 8.42. The fourth-order valence-corrected chi connectivity index (χ4v) is 2.93. The molecule has 1 saturated heterocycles. The molecule has 2 N–H and O–H groups in total. The van der Waals surface area contributed by atoms with Gasteiger partial charge in [0.05, 0.1) is 0 Å². The van der Waals surface area contributed by atoms with Crippen LogP contribution in [0.1, 0.15) is 5.56 Å². The van der Waals surface area contributed by atoms with Crippen molar-refractivity contribution in [3.8, 4) is 11.1 Å². The number of carbonyl (C=O) groups excluding carboxylic acids is 1. The second-order valence-corrected chi connectivity index (χ2v) is 6.27. The van der Waals surface area contributed by atoms with Crippen molar-refractivity contribution in [3.05, 3.63) is 60.2 Å². The number of benzene rings is 2. The lowest BCUT2D eigenvalue weighted by atomic mass is 10.0. The van der Waals surface area contributed by atoms with Crippen LogP contribution in [0.25, 0.3) is 17.2 Å². The molecule has 25 heavy (non-hydrogen) atoms. The Labute approximate surface area is 148 Å². The molecule has 1 amide bonds. The van der Waals surface area contributed by atoms with Crippen molar-refractivity contribution in [1.82, 2.24) is 10.4 Å². The van der Waals surface area contributed by atoms with Crippen molar-refractivity contribution >= 4 is 17.7 Å². The van der Waals surface area contributed by atoms with Gasteiger partial charge in [0.15, 0.2) is 0 Å². The van der Waals surface area contributed by atoms with Crippen molar-refractivity contribution in [2.45, 2.75) is 0 Å². The fourth-order valence-electron chi connectivity index (χ4n) is 2.93. The van der Waals surface area contributed by atoms with Gasteiger partial charge in [0.2, 0.25) is 0 Å². The molecule has 0 saturated carbocycles. The highest BCUT2D eigenvalue weighted by Gasteiger charge is 2.13. The molecule has 0 aliphatic carbocycles. The number of piperazine rings is 1. The smallest absolute Gasteiger partial charge is 0.267 e. The minimum atomic E-state index is -0.538. The molecule has 0 radical (unpaired) electrons. The zero-order valence-electron chi connectivity index (χ0n) is 14.4. The van der Waals surface area contributed by atoms with E-state index in [1.165, 1.54) is 17.3 Å². The Kier molecular flexibility index (Phi) is 5.48. The van der Waals surface area contributed by atoms with Crippen LogP contribution in [0.4, 0.5) is 5.69 Å². The van der Waals surface area contributed by atoms with Crippen molar-refractivity contribution in [2.75, 3.05) is 38.1 Å². The molecule has 1 heterocycles. The summed E-state index contributed by atoms with van der Waals surface area (Å²) in [6.45, 7) is 4.34. The van der Waals surface area contributed by atoms with E-state index in [0.717, 1.165) is 37.3 Å². The van der Waals surface area contributed by atoms with Crippen LogP contribution < -0.4 is 10.4 Å². The van der Waals surface area contributed by atoms with E-state index in [-0.39, 0.29) is 0 Å². The van der Waals surface area contributed by atoms with Crippen LogP contribution in [0.3, 0.4) is 0 Å². The highest BCUT2D eigenvalue weighted by atomic mass is 16.5. The van der Waals surface area contributed by atoms with E-state index < -0.39 is 5.91 Å². The van der Waals surface area contributed by atoms with Crippen LogP contribution >= 0.6 is 0 Å². The lowest BCUT2D eigenvalue weighted by Crippen LogP contribution is -2.44. The predicted molar refractivity (Wildman–Crippen MR) is 101 cm³/mol. The van der Waals surface area contributed by atoms with E-state index in [2.05, 4.69) is 41.1 Å². The first kappa shape index (κ1) is 17.2. The topological polar surface area (TPSA) is 55.8 Å². The number of hydrogen-bond donors (Lipinski definition) is 2. The van der Waals surface area contributed by atoms with Gasteiger partial charge >= 0.3 is 0 Å². The van der Waals surface area contributed by atoms with Gasteiger partial charge in [-0.3, -0.25) is 10.0 Å². The Balaban J connectivity index is 1.68. The number of nitrogens with one attached hydrogen (secondary N) is 1. The molecule has 0 bridgehead atoms. The van der Waals surface area contributed by atoms with Crippen molar-refractivity contribution < 1.29 is 10.0 Å². The molecule has 2 aromatic rings. The van der Waals surface area contributed by atoms with Gasteiger partial charge in [-0.25, -0.2) is 5.48 Å². The molecular formula is C20H23N3O2. The maximum atomic E-state index is 11.0. The maximum Gasteiger partial charge on any atom is 0.267 e. The number of hydrogen-bond acceptors (Lipinski definition) is 4. The average Bonchev–Trinajstić information content (AvgIpc) is 2.67. The van der Waals surface area contributed by atoms with Gasteiger partial charge in [-0.15, -0.1) is 0 Å². The molecule has 2 aromatic carbocycles. The number of carbonyl (C=O) groups is 1. The molecule has 130 valence electrons. The molecule has 1 aliphatic rings. The van der Waals surface area contributed by atoms with E-state index >= 15 is 0 Å².